The molecule has 5 nitrogen and oxygen atoms in total. The summed E-state index contributed by atoms with van der Waals surface area (Å²) in [4.78, 5) is 18.2. The van der Waals surface area contributed by atoms with Crippen molar-refractivity contribution < 1.29 is 4.79 Å². The summed E-state index contributed by atoms with van der Waals surface area (Å²) in [5.41, 5.74) is 0.992. The molecule has 2 heterocycles. The molecule has 100 valence electrons. The van der Waals surface area contributed by atoms with Crippen molar-refractivity contribution in [3.63, 3.8) is 0 Å². The van der Waals surface area contributed by atoms with Crippen LogP contribution in [0.25, 0.3) is 0 Å². The molecule has 1 amide bonds. The van der Waals surface area contributed by atoms with Crippen LogP contribution in [0.2, 0.25) is 0 Å². The molecule has 1 N–H and O–H groups in total. The first-order valence-electron chi connectivity index (χ1n) is 6.59. The van der Waals surface area contributed by atoms with E-state index in [1.54, 1.807) is 17.3 Å². The van der Waals surface area contributed by atoms with Gasteiger partial charge in [0.25, 0.3) is 0 Å². The lowest BCUT2D eigenvalue weighted by atomic mass is 10.1. The molecular formula is C14H18N4O. The number of nitrogens with zero attached hydrogens (tertiary/aromatic N) is 3. The van der Waals surface area contributed by atoms with Crippen molar-refractivity contribution in [2.45, 2.75) is 31.8 Å². The number of hydrogen-bond donors (Lipinski definition) is 1. The molecule has 0 bridgehead atoms. The van der Waals surface area contributed by atoms with Crippen LogP contribution in [-0.2, 0) is 11.3 Å². The van der Waals surface area contributed by atoms with Crippen molar-refractivity contribution in [2.24, 2.45) is 0 Å². The van der Waals surface area contributed by atoms with E-state index in [0.29, 0.717) is 19.5 Å². The summed E-state index contributed by atoms with van der Waals surface area (Å²) in [6, 6.07) is 5.82. The second kappa shape index (κ2) is 6.86. The Morgan fingerprint density at radius 1 is 1.63 bits per heavy atom. The average Bonchev–Trinajstić information content (AvgIpc) is 2.98. The molecule has 0 aromatic carbocycles. The molecule has 1 aliphatic heterocycles. The lowest BCUT2D eigenvalue weighted by molar-refractivity contribution is -0.133. The van der Waals surface area contributed by atoms with Gasteiger partial charge in [-0.05, 0) is 31.0 Å². The number of rotatable bonds is 5. The highest BCUT2D eigenvalue weighted by atomic mass is 16.2. The van der Waals surface area contributed by atoms with E-state index in [1.807, 2.05) is 12.1 Å². The van der Waals surface area contributed by atoms with Gasteiger partial charge in [0.2, 0.25) is 5.91 Å². The molecule has 0 aliphatic carbocycles. The zero-order chi connectivity index (χ0) is 13.5. The third-order valence-corrected chi connectivity index (χ3v) is 3.26. The highest BCUT2D eigenvalue weighted by Crippen LogP contribution is 2.12. The number of carbonyl (C=O) groups excluding carboxylic acids is 1. The smallest absolute Gasteiger partial charge is 0.240 e. The first-order chi connectivity index (χ1) is 9.31. The number of nitriles is 1. The Balaban J connectivity index is 2.02. The highest BCUT2D eigenvalue weighted by molar-refractivity contribution is 5.82. The van der Waals surface area contributed by atoms with E-state index >= 15 is 0 Å². The predicted molar refractivity (Wildman–Crippen MR) is 70.9 cm³/mol. The first-order valence-corrected chi connectivity index (χ1v) is 6.59. The van der Waals surface area contributed by atoms with E-state index in [9.17, 15) is 4.79 Å². The number of pyridine rings is 1. The minimum absolute atomic E-state index is 0.0876. The third-order valence-electron chi connectivity index (χ3n) is 3.26. The molecule has 1 aromatic heterocycles. The van der Waals surface area contributed by atoms with E-state index < -0.39 is 0 Å². The van der Waals surface area contributed by atoms with Gasteiger partial charge in [0, 0.05) is 25.5 Å². The fourth-order valence-corrected chi connectivity index (χ4v) is 2.28. The molecule has 0 saturated carbocycles. The average molecular weight is 258 g/mol. The van der Waals surface area contributed by atoms with E-state index in [2.05, 4.69) is 16.4 Å². The summed E-state index contributed by atoms with van der Waals surface area (Å²) < 4.78 is 0. The van der Waals surface area contributed by atoms with Crippen LogP contribution in [-0.4, -0.2) is 34.9 Å². The fraction of sp³-hybridized carbons (Fsp3) is 0.500. The maximum atomic E-state index is 12.4. The number of nitrogens with one attached hydrogen (secondary N) is 1. The summed E-state index contributed by atoms with van der Waals surface area (Å²) in [5.74, 6) is 0.0941. The van der Waals surface area contributed by atoms with Gasteiger partial charge in [0.1, 0.15) is 0 Å². The van der Waals surface area contributed by atoms with Gasteiger partial charge in [0.15, 0.2) is 0 Å². The molecule has 0 radical (unpaired) electrons. The van der Waals surface area contributed by atoms with Crippen molar-refractivity contribution in [1.29, 1.82) is 5.26 Å². The van der Waals surface area contributed by atoms with Gasteiger partial charge < -0.3 is 10.2 Å². The molecule has 1 saturated heterocycles. The van der Waals surface area contributed by atoms with Crippen LogP contribution in [0.5, 0.6) is 0 Å². The van der Waals surface area contributed by atoms with Gasteiger partial charge in [-0.15, -0.1) is 0 Å². The van der Waals surface area contributed by atoms with E-state index in [0.717, 1.165) is 24.9 Å². The third kappa shape index (κ3) is 3.76. The maximum Gasteiger partial charge on any atom is 0.240 e. The zero-order valence-corrected chi connectivity index (χ0v) is 10.9. The first kappa shape index (κ1) is 13.5. The number of amides is 1. The van der Waals surface area contributed by atoms with Crippen molar-refractivity contribution >= 4 is 5.91 Å². The van der Waals surface area contributed by atoms with E-state index in [-0.39, 0.29) is 11.9 Å². The van der Waals surface area contributed by atoms with Crippen molar-refractivity contribution in [2.75, 3.05) is 13.1 Å². The molecule has 1 fully saturated rings. The standard InChI is InChI=1S/C14H18N4O/c15-6-3-9-18(11-12-4-1-7-16-10-12)14(19)13-5-2-8-17-13/h1,4,7,10,13,17H,2-3,5,8-9,11H2. The topological polar surface area (TPSA) is 69.0 Å². The molecule has 2 rings (SSSR count). The van der Waals surface area contributed by atoms with Crippen molar-refractivity contribution in [3.05, 3.63) is 30.1 Å². The van der Waals surface area contributed by atoms with Crippen molar-refractivity contribution in [3.8, 4) is 6.07 Å². The Labute approximate surface area is 113 Å². The van der Waals surface area contributed by atoms with Gasteiger partial charge in [-0.2, -0.15) is 5.26 Å². The van der Waals surface area contributed by atoms with Crippen LogP contribution < -0.4 is 5.32 Å². The maximum absolute atomic E-state index is 12.4. The largest absolute Gasteiger partial charge is 0.336 e. The van der Waals surface area contributed by atoms with Gasteiger partial charge in [0.05, 0.1) is 18.5 Å². The summed E-state index contributed by atoms with van der Waals surface area (Å²) in [7, 11) is 0. The number of hydrogen-bond acceptors (Lipinski definition) is 4. The molecule has 1 aliphatic rings. The summed E-state index contributed by atoms with van der Waals surface area (Å²) >= 11 is 0. The van der Waals surface area contributed by atoms with E-state index in [4.69, 9.17) is 5.26 Å². The Morgan fingerprint density at radius 2 is 2.53 bits per heavy atom. The molecule has 0 spiro atoms. The van der Waals surface area contributed by atoms with Crippen LogP contribution in [0.15, 0.2) is 24.5 Å². The molecular weight excluding hydrogens is 240 g/mol. The van der Waals surface area contributed by atoms with Crippen LogP contribution >= 0.6 is 0 Å². The minimum atomic E-state index is -0.0876. The Kier molecular flexibility index (Phi) is 4.87. The highest BCUT2D eigenvalue weighted by Gasteiger charge is 2.26. The van der Waals surface area contributed by atoms with Crippen LogP contribution in [0.3, 0.4) is 0 Å². The van der Waals surface area contributed by atoms with Crippen LogP contribution in [0.1, 0.15) is 24.8 Å². The summed E-state index contributed by atoms with van der Waals surface area (Å²) in [5, 5.41) is 11.9. The van der Waals surface area contributed by atoms with Crippen molar-refractivity contribution in [1.82, 2.24) is 15.2 Å². The Bertz CT molecular complexity index is 448. The lowest BCUT2D eigenvalue weighted by Gasteiger charge is -2.24. The molecule has 5 heteroatoms. The fourth-order valence-electron chi connectivity index (χ4n) is 2.28. The summed E-state index contributed by atoms with van der Waals surface area (Å²) in [6.07, 6.45) is 5.75. The molecule has 1 aromatic rings. The van der Waals surface area contributed by atoms with Gasteiger partial charge >= 0.3 is 0 Å². The Morgan fingerprint density at radius 3 is 3.16 bits per heavy atom. The quantitative estimate of drug-likeness (QED) is 0.858. The van der Waals surface area contributed by atoms with Gasteiger partial charge in [-0.25, -0.2) is 0 Å². The lowest BCUT2D eigenvalue weighted by Crippen LogP contribution is -2.43. The molecule has 19 heavy (non-hydrogen) atoms. The monoisotopic (exact) mass is 258 g/mol. The zero-order valence-electron chi connectivity index (χ0n) is 10.9. The van der Waals surface area contributed by atoms with E-state index in [1.165, 1.54) is 0 Å². The second-order valence-corrected chi connectivity index (χ2v) is 4.68. The minimum Gasteiger partial charge on any atom is -0.336 e. The molecule has 1 unspecified atom stereocenters. The second-order valence-electron chi connectivity index (χ2n) is 4.68. The summed E-state index contributed by atoms with van der Waals surface area (Å²) in [6.45, 7) is 1.89. The number of aromatic nitrogens is 1. The molecule has 1 atom stereocenters. The SMILES string of the molecule is N#CCCN(Cc1cccnc1)C(=O)C1CCCN1. The van der Waals surface area contributed by atoms with Crippen LogP contribution in [0, 0.1) is 11.3 Å². The van der Waals surface area contributed by atoms with Crippen LogP contribution in [0.4, 0.5) is 0 Å². The van der Waals surface area contributed by atoms with Gasteiger partial charge in [-0.1, -0.05) is 6.07 Å². The Hall–Kier alpha value is -1.93. The normalized spacial score (nSPS) is 17.9. The van der Waals surface area contributed by atoms with Gasteiger partial charge in [-0.3, -0.25) is 9.78 Å². The predicted octanol–water partition coefficient (Wildman–Crippen LogP) is 1.08. The number of carbonyl (C=O) groups is 1.